The van der Waals surface area contributed by atoms with Crippen LogP contribution in [-0.4, -0.2) is 18.3 Å². The van der Waals surface area contributed by atoms with Crippen LogP contribution in [-0.2, 0) is 15.1 Å². The molecule has 0 aromatic heterocycles. The molecule has 86 valence electrons. The van der Waals surface area contributed by atoms with Crippen molar-refractivity contribution in [3.05, 3.63) is 33.8 Å². The van der Waals surface area contributed by atoms with E-state index < -0.39 is 5.60 Å². The standard InChI is InChI=1S/C11H9Cl3O2/c12-6-11(4-8(15)5-16-11)9-2-1-7(13)3-10(9)14/h1-3H,4-6H2. The molecule has 1 atom stereocenters. The van der Waals surface area contributed by atoms with E-state index in [1.54, 1.807) is 18.2 Å². The number of benzene rings is 1. The van der Waals surface area contributed by atoms with E-state index in [4.69, 9.17) is 39.5 Å². The lowest BCUT2D eigenvalue weighted by Gasteiger charge is -2.26. The van der Waals surface area contributed by atoms with E-state index in [0.717, 1.165) is 5.56 Å². The van der Waals surface area contributed by atoms with Crippen molar-refractivity contribution in [2.45, 2.75) is 12.0 Å². The van der Waals surface area contributed by atoms with Crippen LogP contribution < -0.4 is 0 Å². The van der Waals surface area contributed by atoms with Gasteiger partial charge < -0.3 is 4.74 Å². The molecule has 0 radical (unpaired) electrons. The molecule has 1 aromatic rings. The van der Waals surface area contributed by atoms with Crippen LogP contribution in [0.5, 0.6) is 0 Å². The number of rotatable bonds is 2. The Balaban J connectivity index is 2.45. The van der Waals surface area contributed by atoms with Crippen molar-refractivity contribution in [1.82, 2.24) is 0 Å². The number of carbonyl (C=O) groups excluding carboxylic acids is 1. The molecule has 0 N–H and O–H groups in total. The Morgan fingerprint density at radius 2 is 2.12 bits per heavy atom. The van der Waals surface area contributed by atoms with Crippen LogP contribution in [0.2, 0.25) is 10.0 Å². The van der Waals surface area contributed by atoms with Crippen LogP contribution >= 0.6 is 34.8 Å². The molecule has 16 heavy (non-hydrogen) atoms. The van der Waals surface area contributed by atoms with Crippen molar-refractivity contribution in [3.63, 3.8) is 0 Å². The maximum absolute atomic E-state index is 11.3. The number of ketones is 1. The molecular weight excluding hydrogens is 270 g/mol. The van der Waals surface area contributed by atoms with Crippen LogP contribution in [0.3, 0.4) is 0 Å². The number of halogens is 3. The minimum atomic E-state index is -0.791. The van der Waals surface area contributed by atoms with Crippen molar-refractivity contribution >= 4 is 40.6 Å². The summed E-state index contributed by atoms with van der Waals surface area (Å²) in [7, 11) is 0. The summed E-state index contributed by atoms with van der Waals surface area (Å²) in [6, 6.07) is 5.09. The number of hydrogen-bond acceptors (Lipinski definition) is 2. The third kappa shape index (κ3) is 2.07. The second-order valence-electron chi connectivity index (χ2n) is 3.76. The van der Waals surface area contributed by atoms with Gasteiger partial charge in [0, 0.05) is 22.0 Å². The third-order valence-electron chi connectivity index (χ3n) is 2.63. The second kappa shape index (κ2) is 4.53. The molecule has 0 spiro atoms. The van der Waals surface area contributed by atoms with Gasteiger partial charge in [0.25, 0.3) is 0 Å². The van der Waals surface area contributed by atoms with Gasteiger partial charge in [-0.3, -0.25) is 4.79 Å². The van der Waals surface area contributed by atoms with Crippen molar-refractivity contribution in [3.8, 4) is 0 Å². The van der Waals surface area contributed by atoms with Gasteiger partial charge in [0.15, 0.2) is 5.78 Å². The largest absolute Gasteiger partial charge is 0.361 e. The fourth-order valence-electron chi connectivity index (χ4n) is 1.83. The van der Waals surface area contributed by atoms with Gasteiger partial charge in [-0.15, -0.1) is 11.6 Å². The first-order valence-electron chi connectivity index (χ1n) is 4.74. The van der Waals surface area contributed by atoms with E-state index in [9.17, 15) is 4.79 Å². The predicted octanol–water partition coefficient (Wildman–Crippen LogP) is 3.42. The molecule has 1 unspecified atom stereocenters. The Morgan fingerprint density at radius 3 is 2.62 bits per heavy atom. The maximum Gasteiger partial charge on any atom is 0.161 e. The zero-order valence-corrected chi connectivity index (χ0v) is 10.6. The first-order valence-corrected chi connectivity index (χ1v) is 6.03. The molecule has 0 amide bonds. The van der Waals surface area contributed by atoms with Crippen molar-refractivity contribution in [2.24, 2.45) is 0 Å². The average Bonchev–Trinajstić information content (AvgIpc) is 2.61. The van der Waals surface area contributed by atoms with Crippen molar-refractivity contribution in [1.29, 1.82) is 0 Å². The van der Waals surface area contributed by atoms with Crippen LogP contribution in [0.25, 0.3) is 0 Å². The molecular formula is C11H9Cl3O2. The molecule has 1 aromatic carbocycles. The third-order valence-corrected chi connectivity index (χ3v) is 3.61. The van der Waals surface area contributed by atoms with Crippen molar-refractivity contribution in [2.75, 3.05) is 12.5 Å². The van der Waals surface area contributed by atoms with Crippen LogP contribution in [0, 0.1) is 0 Å². The Bertz CT molecular complexity index is 433. The van der Waals surface area contributed by atoms with Gasteiger partial charge in [0.05, 0.1) is 5.88 Å². The number of hydrogen-bond donors (Lipinski definition) is 0. The average molecular weight is 280 g/mol. The van der Waals surface area contributed by atoms with E-state index in [1.165, 1.54) is 0 Å². The summed E-state index contributed by atoms with van der Waals surface area (Å²) in [6.45, 7) is 0.0890. The minimum Gasteiger partial charge on any atom is -0.361 e. The minimum absolute atomic E-state index is 0.0340. The molecule has 0 saturated carbocycles. The molecule has 2 nitrogen and oxygen atoms in total. The summed E-state index contributed by atoms with van der Waals surface area (Å²) in [4.78, 5) is 11.3. The number of alkyl halides is 1. The molecule has 1 fully saturated rings. The number of Topliss-reactive ketones (excluding diaryl/α,β-unsaturated/α-hetero) is 1. The molecule has 2 rings (SSSR count). The second-order valence-corrected chi connectivity index (χ2v) is 4.87. The zero-order chi connectivity index (χ0) is 11.8. The van der Waals surface area contributed by atoms with Gasteiger partial charge in [0.1, 0.15) is 12.2 Å². The molecule has 1 aliphatic rings. The highest BCUT2D eigenvalue weighted by molar-refractivity contribution is 6.35. The van der Waals surface area contributed by atoms with Gasteiger partial charge in [-0.1, -0.05) is 29.3 Å². The van der Waals surface area contributed by atoms with Gasteiger partial charge in [-0.2, -0.15) is 0 Å². The molecule has 1 heterocycles. The Morgan fingerprint density at radius 1 is 1.38 bits per heavy atom. The summed E-state index contributed by atoms with van der Waals surface area (Å²) in [5.74, 6) is 0.228. The predicted molar refractivity (Wildman–Crippen MR) is 64.4 cm³/mol. The topological polar surface area (TPSA) is 26.3 Å². The van der Waals surface area contributed by atoms with Gasteiger partial charge >= 0.3 is 0 Å². The quantitative estimate of drug-likeness (QED) is 0.776. The summed E-state index contributed by atoms with van der Waals surface area (Å²) in [6.07, 6.45) is 0.262. The van der Waals surface area contributed by atoms with E-state index in [1.807, 2.05) is 0 Å². The molecule has 1 saturated heterocycles. The van der Waals surface area contributed by atoms with Crippen LogP contribution in [0.15, 0.2) is 18.2 Å². The highest BCUT2D eigenvalue weighted by Gasteiger charge is 2.42. The lowest BCUT2D eigenvalue weighted by Crippen LogP contribution is -2.27. The van der Waals surface area contributed by atoms with Crippen LogP contribution in [0.1, 0.15) is 12.0 Å². The monoisotopic (exact) mass is 278 g/mol. The van der Waals surface area contributed by atoms with Crippen molar-refractivity contribution < 1.29 is 9.53 Å². The summed E-state index contributed by atoms with van der Waals surface area (Å²) in [5.41, 5.74) is -0.0697. The first kappa shape index (κ1) is 12.2. The van der Waals surface area contributed by atoms with Gasteiger partial charge in [-0.25, -0.2) is 0 Å². The van der Waals surface area contributed by atoms with Gasteiger partial charge in [0.2, 0.25) is 0 Å². The first-order chi connectivity index (χ1) is 7.57. The zero-order valence-electron chi connectivity index (χ0n) is 8.30. The number of carbonyl (C=O) groups is 1. The molecule has 1 aliphatic heterocycles. The Hall–Kier alpha value is -0.280. The van der Waals surface area contributed by atoms with E-state index in [2.05, 4.69) is 0 Å². The highest BCUT2D eigenvalue weighted by Crippen LogP contribution is 2.40. The molecule has 0 bridgehead atoms. The Labute approximate surface area is 108 Å². The highest BCUT2D eigenvalue weighted by atomic mass is 35.5. The fraction of sp³-hybridized carbons (Fsp3) is 0.364. The summed E-state index contributed by atoms with van der Waals surface area (Å²) in [5, 5.41) is 1.02. The smallest absolute Gasteiger partial charge is 0.161 e. The maximum atomic E-state index is 11.3. The lowest BCUT2D eigenvalue weighted by molar-refractivity contribution is -0.117. The summed E-state index contributed by atoms with van der Waals surface area (Å²) >= 11 is 17.8. The van der Waals surface area contributed by atoms with E-state index in [-0.39, 0.29) is 24.7 Å². The lowest BCUT2D eigenvalue weighted by atomic mass is 9.92. The van der Waals surface area contributed by atoms with E-state index >= 15 is 0 Å². The normalized spacial score (nSPS) is 25.1. The fourth-order valence-corrected chi connectivity index (χ4v) is 2.73. The Kier molecular flexibility index (Phi) is 3.45. The molecule has 0 aliphatic carbocycles. The molecule has 5 heteroatoms. The van der Waals surface area contributed by atoms with Gasteiger partial charge in [-0.05, 0) is 12.1 Å². The van der Waals surface area contributed by atoms with E-state index in [0.29, 0.717) is 10.0 Å². The van der Waals surface area contributed by atoms with Crippen LogP contribution in [0.4, 0.5) is 0 Å². The number of ether oxygens (including phenoxy) is 1. The SMILES string of the molecule is O=C1COC(CCl)(c2ccc(Cl)cc2Cl)C1. The summed E-state index contributed by atoms with van der Waals surface area (Å²) < 4.78 is 5.50.